The lowest BCUT2D eigenvalue weighted by Crippen LogP contribution is -2.36. The SMILES string of the molecule is Cn1nc(C(=O)N2CCCCC(c3ccccc3)C2)ccc1=O. The fourth-order valence-electron chi connectivity index (χ4n) is 3.10. The van der Waals surface area contributed by atoms with Crippen molar-refractivity contribution in [3.05, 3.63) is 64.1 Å². The number of likely N-dealkylation sites (tertiary alicyclic amines) is 1. The zero-order chi connectivity index (χ0) is 16.2. The molecule has 2 heterocycles. The molecule has 0 saturated carbocycles. The van der Waals surface area contributed by atoms with Gasteiger partial charge in [-0.2, -0.15) is 5.10 Å². The number of hydrogen-bond acceptors (Lipinski definition) is 3. The van der Waals surface area contributed by atoms with Crippen LogP contribution >= 0.6 is 0 Å². The van der Waals surface area contributed by atoms with Crippen molar-refractivity contribution in [3.63, 3.8) is 0 Å². The number of rotatable bonds is 2. The Kier molecular flexibility index (Phi) is 4.55. The van der Waals surface area contributed by atoms with Gasteiger partial charge in [0.25, 0.3) is 11.5 Å². The van der Waals surface area contributed by atoms with Gasteiger partial charge >= 0.3 is 0 Å². The van der Waals surface area contributed by atoms with Crippen LogP contribution in [0, 0.1) is 0 Å². The lowest BCUT2D eigenvalue weighted by atomic mass is 9.94. The minimum atomic E-state index is -0.209. The van der Waals surface area contributed by atoms with E-state index in [2.05, 4.69) is 17.2 Å². The van der Waals surface area contributed by atoms with Crippen LogP contribution in [0.25, 0.3) is 0 Å². The summed E-state index contributed by atoms with van der Waals surface area (Å²) in [5.41, 5.74) is 1.40. The van der Waals surface area contributed by atoms with Gasteiger partial charge in [0.15, 0.2) is 0 Å². The quantitative estimate of drug-likeness (QED) is 0.854. The van der Waals surface area contributed by atoms with Crippen molar-refractivity contribution in [1.29, 1.82) is 0 Å². The second-order valence-corrected chi connectivity index (χ2v) is 6.03. The fraction of sp³-hybridized carbons (Fsp3) is 0.389. The van der Waals surface area contributed by atoms with E-state index in [1.54, 1.807) is 7.05 Å². The molecule has 0 bridgehead atoms. The Morgan fingerprint density at radius 2 is 1.91 bits per heavy atom. The molecule has 2 aromatic rings. The van der Waals surface area contributed by atoms with Crippen LogP contribution in [0.4, 0.5) is 0 Å². The summed E-state index contributed by atoms with van der Waals surface area (Å²) in [5.74, 6) is 0.263. The number of aryl methyl sites for hydroxylation is 1. The van der Waals surface area contributed by atoms with Crippen molar-refractivity contribution in [2.24, 2.45) is 7.05 Å². The molecule has 23 heavy (non-hydrogen) atoms. The first-order valence-corrected chi connectivity index (χ1v) is 8.04. The Balaban J connectivity index is 1.81. The van der Waals surface area contributed by atoms with Gasteiger partial charge in [-0.05, 0) is 24.5 Å². The highest BCUT2D eigenvalue weighted by Crippen LogP contribution is 2.26. The van der Waals surface area contributed by atoms with Crippen LogP contribution in [0.2, 0.25) is 0 Å². The van der Waals surface area contributed by atoms with Gasteiger partial charge in [-0.25, -0.2) is 4.68 Å². The molecule has 3 rings (SSSR count). The molecule has 120 valence electrons. The van der Waals surface area contributed by atoms with Gasteiger partial charge in [-0.1, -0.05) is 36.8 Å². The number of nitrogens with zero attached hydrogens (tertiary/aromatic N) is 3. The van der Waals surface area contributed by atoms with Crippen LogP contribution in [0.1, 0.15) is 41.2 Å². The molecule has 1 atom stereocenters. The van der Waals surface area contributed by atoms with Crippen LogP contribution < -0.4 is 5.56 Å². The number of carbonyl (C=O) groups is 1. The molecule has 1 amide bonds. The molecule has 5 nitrogen and oxygen atoms in total. The summed E-state index contributed by atoms with van der Waals surface area (Å²) in [6, 6.07) is 13.3. The van der Waals surface area contributed by atoms with Gasteiger partial charge < -0.3 is 4.90 Å². The van der Waals surface area contributed by atoms with E-state index in [4.69, 9.17) is 0 Å². The number of aromatic nitrogens is 2. The van der Waals surface area contributed by atoms with Crippen LogP contribution in [-0.2, 0) is 7.05 Å². The summed E-state index contributed by atoms with van der Waals surface area (Å²) in [6.07, 6.45) is 3.21. The highest BCUT2D eigenvalue weighted by Gasteiger charge is 2.24. The first-order valence-electron chi connectivity index (χ1n) is 8.04. The average Bonchev–Trinajstić information content (AvgIpc) is 2.84. The van der Waals surface area contributed by atoms with Gasteiger partial charge in [-0.3, -0.25) is 9.59 Å². The van der Waals surface area contributed by atoms with E-state index in [1.807, 2.05) is 23.1 Å². The van der Waals surface area contributed by atoms with Crippen molar-refractivity contribution in [3.8, 4) is 0 Å². The molecule has 5 heteroatoms. The topological polar surface area (TPSA) is 55.2 Å². The maximum Gasteiger partial charge on any atom is 0.274 e. The minimum Gasteiger partial charge on any atom is -0.337 e. The number of hydrogen-bond donors (Lipinski definition) is 0. The zero-order valence-electron chi connectivity index (χ0n) is 13.3. The van der Waals surface area contributed by atoms with Gasteiger partial charge in [0.2, 0.25) is 0 Å². The van der Waals surface area contributed by atoms with Crippen LogP contribution in [0.5, 0.6) is 0 Å². The third-order valence-electron chi connectivity index (χ3n) is 4.41. The van der Waals surface area contributed by atoms with Crippen LogP contribution in [0.15, 0.2) is 47.3 Å². The Morgan fingerprint density at radius 3 is 2.65 bits per heavy atom. The highest BCUT2D eigenvalue weighted by atomic mass is 16.2. The maximum absolute atomic E-state index is 12.7. The molecule has 1 fully saturated rings. The van der Waals surface area contributed by atoms with E-state index < -0.39 is 0 Å². The molecule has 0 radical (unpaired) electrons. The van der Waals surface area contributed by atoms with Gasteiger partial charge in [0.1, 0.15) is 5.69 Å². The smallest absolute Gasteiger partial charge is 0.274 e. The van der Waals surface area contributed by atoms with Gasteiger partial charge in [0, 0.05) is 32.1 Å². The number of carbonyl (C=O) groups excluding carboxylic acids is 1. The van der Waals surface area contributed by atoms with E-state index in [-0.39, 0.29) is 11.5 Å². The highest BCUT2D eigenvalue weighted by molar-refractivity contribution is 5.92. The zero-order valence-corrected chi connectivity index (χ0v) is 13.3. The molecule has 1 unspecified atom stereocenters. The summed E-state index contributed by atoms with van der Waals surface area (Å²) in [6.45, 7) is 1.44. The molecule has 1 aliphatic rings. The van der Waals surface area contributed by atoms with Crippen molar-refractivity contribution >= 4 is 5.91 Å². The molecule has 0 N–H and O–H groups in total. The first kappa shape index (κ1) is 15.5. The Hall–Kier alpha value is -2.43. The third-order valence-corrected chi connectivity index (χ3v) is 4.41. The monoisotopic (exact) mass is 311 g/mol. The largest absolute Gasteiger partial charge is 0.337 e. The summed E-state index contributed by atoms with van der Waals surface area (Å²) in [5, 5.41) is 4.09. The Labute approximate surface area is 135 Å². The number of amides is 1. The predicted octanol–water partition coefficient (Wildman–Crippen LogP) is 2.19. The second kappa shape index (κ2) is 6.77. The summed E-state index contributed by atoms with van der Waals surface area (Å²) in [4.78, 5) is 26.1. The van der Waals surface area contributed by atoms with E-state index in [0.29, 0.717) is 18.2 Å². The average molecular weight is 311 g/mol. The van der Waals surface area contributed by atoms with E-state index in [1.165, 1.54) is 22.4 Å². The molecular formula is C18H21N3O2. The molecule has 1 saturated heterocycles. The standard InChI is InChI=1S/C18H21N3O2/c1-20-17(22)11-10-16(19-20)18(23)21-12-6-5-9-15(13-21)14-7-3-2-4-8-14/h2-4,7-8,10-11,15H,5-6,9,12-13H2,1H3. The molecule has 0 spiro atoms. The van der Waals surface area contributed by atoms with Crippen LogP contribution in [0.3, 0.4) is 0 Å². The van der Waals surface area contributed by atoms with Gasteiger partial charge in [-0.15, -0.1) is 0 Å². The summed E-state index contributed by atoms with van der Waals surface area (Å²) < 4.78 is 1.21. The Morgan fingerprint density at radius 1 is 1.13 bits per heavy atom. The second-order valence-electron chi connectivity index (χ2n) is 6.03. The van der Waals surface area contributed by atoms with Crippen molar-refractivity contribution in [1.82, 2.24) is 14.7 Å². The molecule has 1 aromatic carbocycles. The lowest BCUT2D eigenvalue weighted by Gasteiger charge is -2.24. The van der Waals surface area contributed by atoms with Crippen molar-refractivity contribution in [2.75, 3.05) is 13.1 Å². The van der Waals surface area contributed by atoms with Crippen molar-refractivity contribution in [2.45, 2.75) is 25.2 Å². The van der Waals surface area contributed by atoms with E-state index in [9.17, 15) is 9.59 Å². The molecule has 1 aromatic heterocycles. The predicted molar refractivity (Wildman–Crippen MR) is 88.4 cm³/mol. The molecule has 0 aliphatic carbocycles. The first-order chi connectivity index (χ1) is 11.1. The lowest BCUT2D eigenvalue weighted by molar-refractivity contribution is 0.0746. The normalized spacial score (nSPS) is 18.5. The molecule has 1 aliphatic heterocycles. The summed E-state index contributed by atoms with van der Waals surface area (Å²) >= 11 is 0. The Bertz CT molecular complexity index is 739. The van der Waals surface area contributed by atoms with Crippen molar-refractivity contribution < 1.29 is 4.79 Å². The van der Waals surface area contributed by atoms with Crippen LogP contribution in [-0.4, -0.2) is 33.7 Å². The minimum absolute atomic E-state index is 0.0940. The molecular weight excluding hydrogens is 290 g/mol. The van der Waals surface area contributed by atoms with Gasteiger partial charge in [0.05, 0.1) is 0 Å². The van der Waals surface area contributed by atoms with E-state index in [0.717, 1.165) is 25.8 Å². The van der Waals surface area contributed by atoms with E-state index >= 15 is 0 Å². The number of benzene rings is 1. The third kappa shape index (κ3) is 3.50. The maximum atomic E-state index is 12.7. The summed E-state index contributed by atoms with van der Waals surface area (Å²) in [7, 11) is 1.56. The fourth-order valence-corrected chi connectivity index (χ4v) is 3.10.